The van der Waals surface area contributed by atoms with E-state index in [1.165, 1.54) is 4.90 Å². The Hall–Kier alpha value is -2.95. The van der Waals surface area contributed by atoms with Gasteiger partial charge < -0.3 is 4.84 Å². The molecule has 114 valence electrons. The minimum Gasteiger partial charge on any atom is -0.381 e. The van der Waals surface area contributed by atoms with Crippen molar-refractivity contribution in [3.8, 4) is 0 Å². The molecule has 0 aliphatic carbocycles. The number of carbonyl (C=O) groups excluding carboxylic acids is 2. The summed E-state index contributed by atoms with van der Waals surface area (Å²) in [6.45, 7) is 1.95. The molecule has 4 rings (SSSR count). The highest BCUT2D eigenvalue weighted by Gasteiger charge is 2.56. The minimum atomic E-state index is -0.864. The van der Waals surface area contributed by atoms with E-state index in [0.29, 0.717) is 11.4 Å². The maximum Gasteiger partial charge on any atom is 0.278 e. The van der Waals surface area contributed by atoms with Crippen LogP contribution in [0.25, 0.3) is 0 Å². The van der Waals surface area contributed by atoms with E-state index >= 15 is 0 Å². The van der Waals surface area contributed by atoms with Crippen molar-refractivity contribution in [1.29, 1.82) is 0 Å². The lowest BCUT2D eigenvalue weighted by molar-refractivity contribution is -0.126. The molecule has 2 aliphatic rings. The minimum absolute atomic E-state index is 0.286. The molecule has 5 heteroatoms. The fourth-order valence-corrected chi connectivity index (χ4v) is 3.09. The van der Waals surface area contributed by atoms with E-state index in [0.717, 1.165) is 11.1 Å². The summed E-state index contributed by atoms with van der Waals surface area (Å²) in [5.74, 6) is -1.33. The van der Waals surface area contributed by atoms with Crippen LogP contribution in [0.2, 0.25) is 0 Å². The number of benzene rings is 2. The monoisotopic (exact) mass is 306 g/mol. The number of imide groups is 1. The first-order valence-corrected chi connectivity index (χ1v) is 7.41. The van der Waals surface area contributed by atoms with Crippen molar-refractivity contribution in [3.63, 3.8) is 0 Å². The predicted molar refractivity (Wildman–Crippen MR) is 85.0 cm³/mol. The molecule has 0 N–H and O–H groups in total. The third-order valence-corrected chi connectivity index (χ3v) is 4.25. The van der Waals surface area contributed by atoms with E-state index in [1.54, 1.807) is 24.3 Å². The van der Waals surface area contributed by atoms with Crippen LogP contribution in [0.15, 0.2) is 59.8 Å². The Labute approximate surface area is 133 Å². The number of oxime groups is 1. The Bertz CT molecular complexity index is 829. The summed E-state index contributed by atoms with van der Waals surface area (Å²) >= 11 is 0. The van der Waals surface area contributed by atoms with Gasteiger partial charge in [0.05, 0.1) is 5.69 Å². The van der Waals surface area contributed by atoms with Gasteiger partial charge in [-0.05, 0) is 24.6 Å². The second kappa shape index (κ2) is 5.05. The van der Waals surface area contributed by atoms with Gasteiger partial charge in [0.25, 0.3) is 5.91 Å². The normalized spacial score (nSPS) is 22.8. The van der Waals surface area contributed by atoms with Gasteiger partial charge in [-0.25, -0.2) is 4.90 Å². The molecule has 0 bridgehead atoms. The molecule has 2 unspecified atom stereocenters. The lowest BCUT2D eigenvalue weighted by Gasteiger charge is -2.15. The van der Waals surface area contributed by atoms with Crippen molar-refractivity contribution in [2.45, 2.75) is 13.0 Å². The zero-order valence-corrected chi connectivity index (χ0v) is 12.5. The number of para-hydroxylation sites is 1. The topological polar surface area (TPSA) is 59.0 Å². The van der Waals surface area contributed by atoms with Gasteiger partial charge in [0.2, 0.25) is 12.0 Å². The Kier molecular flexibility index (Phi) is 3.01. The van der Waals surface area contributed by atoms with E-state index in [1.807, 2.05) is 37.3 Å². The van der Waals surface area contributed by atoms with E-state index < -0.39 is 12.0 Å². The van der Waals surface area contributed by atoms with Crippen LogP contribution in [0.1, 0.15) is 11.1 Å². The van der Waals surface area contributed by atoms with Crippen LogP contribution in [0.4, 0.5) is 5.69 Å². The van der Waals surface area contributed by atoms with Gasteiger partial charge in [0.15, 0.2) is 0 Å². The number of carbonyl (C=O) groups is 2. The molecular weight excluding hydrogens is 292 g/mol. The van der Waals surface area contributed by atoms with Gasteiger partial charge in [-0.1, -0.05) is 47.6 Å². The zero-order chi connectivity index (χ0) is 16.0. The Morgan fingerprint density at radius 1 is 0.957 bits per heavy atom. The second-order valence-electron chi connectivity index (χ2n) is 5.64. The van der Waals surface area contributed by atoms with Crippen molar-refractivity contribution in [3.05, 3.63) is 65.7 Å². The fraction of sp³-hybridized carbons (Fsp3) is 0.167. The molecule has 1 fully saturated rings. The molecular formula is C18H14N2O3. The van der Waals surface area contributed by atoms with Crippen molar-refractivity contribution in [2.24, 2.45) is 11.1 Å². The van der Waals surface area contributed by atoms with Crippen LogP contribution in [-0.4, -0.2) is 23.6 Å². The summed E-state index contributed by atoms with van der Waals surface area (Å²) < 4.78 is 0. The van der Waals surface area contributed by atoms with Gasteiger partial charge in [-0.15, -0.1) is 0 Å². The number of nitrogens with zero attached hydrogens (tertiary/aromatic N) is 2. The molecule has 2 aliphatic heterocycles. The summed E-state index contributed by atoms with van der Waals surface area (Å²) in [5.41, 5.74) is 2.93. The van der Waals surface area contributed by atoms with E-state index in [4.69, 9.17) is 4.84 Å². The molecule has 2 atom stereocenters. The van der Waals surface area contributed by atoms with Crippen molar-refractivity contribution in [2.75, 3.05) is 4.90 Å². The second-order valence-corrected chi connectivity index (χ2v) is 5.64. The molecule has 2 aromatic carbocycles. The number of amides is 2. The number of hydrogen-bond acceptors (Lipinski definition) is 4. The molecule has 2 aromatic rings. The number of fused-ring (bicyclic) bond motifs is 1. The Morgan fingerprint density at radius 3 is 2.39 bits per heavy atom. The van der Waals surface area contributed by atoms with Gasteiger partial charge in [-0.3, -0.25) is 9.59 Å². The van der Waals surface area contributed by atoms with Crippen molar-refractivity contribution < 1.29 is 14.4 Å². The standard InChI is InChI=1S/C18H14N2O3/c1-11-7-5-6-10-13(11)15-14-16(23-19-15)18(22)20(17(14)21)12-8-3-2-4-9-12/h2-10,14,16H,1H3. The molecule has 0 aromatic heterocycles. The van der Waals surface area contributed by atoms with Crippen LogP contribution in [0, 0.1) is 12.8 Å². The molecule has 0 radical (unpaired) electrons. The van der Waals surface area contributed by atoms with Crippen molar-refractivity contribution in [1.82, 2.24) is 0 Å². The molecule has 2 amide bonds. The quantitative estimate of drug-likeness (QED) is 0.800. The average Bonchev–Trinajstić information content (AvgIpc) is 3.10. The summed E-state index contributed by atoms with van der Waals surface area (Å²) in [6.07, 6.45) is -0.864. The molecule has 1 saturated heterocycles. The molecule has 0 spiro atoms. The summed E-state index contributed by atoms with van der Waals surface area (Å²) in [6, 6.07) is 16.5. The van der Waals surface area contributed by atoms with E-state index in [2.05, 4.69) is 5.16 Å². The van der Waals surface area contributed by atoms with Crippen LogP contribution < -0.4 is 4.90 Å². The van der Waals surface area contributed by atoms with Gasteiger partial charge in [0.1, 0.15) is 11.6 Å². The van der Waals surface area contributed by atoms with Crippen LogP contribution in [-0.2, 0) is 14.4 Å². The molecule has 5 nitrogen and oxygen atoms in total. The lowest BCUT2D eigenvalue weighted by Crippen LogP contribution is -2.33. The van der Waals surface area contributed by atoms with Crippen LogP contribution in [0.5, 0.6) is 0 Å². The maximum atomic E-state index is 12.8. The predicted octanol–water partition coefficient (Wildman–Crippen LogP) is 2.29. The first-order valence-electron chi connectivity index (χ1n) is 7.41. The molecule has 2 heterocycles. The highest BCUT2D eigenvalue weighted by atomic mass is 16.6. The van der Waals surface area contributed by atoms with E-state index in [9.17, 15) is 9.59 Å². The van der Waals surface area contributed by atoms with Crippen molar-refractivity contribution >= 4 is 23.2 Å². The van der Waals surface area contributed by atoms with Crippen LogP contribution >= 0.6 is 0 Å². The SMILES string of the molecule is Cc1ccccc1C1=NOC2C(=O)N(c3ccccc3)C(=O)C12. The van der Waals surface area contributed by atoms with Crippen LogP contribution in [0.3, 0.4) is 0 Å². The zero-order valence-electron chi connectivity index (χ0n) is 12.5. The number of aryl methyl sites for hydroxylation is 1. The largest absolute Gasteiger partial charge is 0.381 e. The Balaban J connectivity index is 1.74. The number of rotatable bonds is 2. The third-order valence-electron chi connectivity index (χ3n) is 4.25. The smallest absolute Gasteiger partial charge is 0.278 e. The molecule has 23 heavy (non-hydrogen) atoms. The molecule has 0 saturated carbocycles. The summed E-state index contributed by atoms with van der Waals surface area (Å²) in [7, 11) is 0. The van der Waals surface area contributed by atoms with E-state index in [-0.39, 0.29) is 11.8 Å². The van der Waals surface area contributed by atoms with Gasteiger partial charge in [0, 0.05) is 5.56 Å². The maximum absolute atomic E-state index is 12.8. The fourth-order valence-electron chi connectivity index (χ4n) is 3.09. The number of anilines is 1. The Morgan fingerprint density at radius 2 is 1.65 bits per heavy atom. The average molecular weight is 306 g/mol. The highest BCUT2D eigenvalue weighted by Crippen LogP contribution is 2.35. The number of hydrogen-bond donors (Lipinski definition) is 0. The first kappa shape index (κ1) is 13.7. The summed E-state index contributed by atoms with van der Waals surface area (Å²) in [4.78, 5) is 31.9. The summed E-state index contributed by atoms with van der Waals surface area (Å²) in [5, 5.41) is 4.03. The first-order chi connectivity index (χ1) is 11.2. The van der Waals surface area contributed by atoms with Gasteiger partial charge in [-0.2, -0.15) is 0 Å². The lowest BCUT2D eigenvalue weighted by atomic mass is 9.91. The third kappa shape index (κ3) is 1.97. The highest BCUT2D eigenvalue weighted by molar-refractivity contribution is 6.32. The van der Waals surface area contributed by atoms with Gasteiger partial charge >= 0.3 is 0 Å².